The number of urea groups is 1. The number of nitrogens with one attached hydrogen (secondary N) is 1. The molecule has 0 aliphatic carbocycles. The Labute approximate surface area is 228 Å². The number of hydrazine groups is 1. The van der Waals surface area contributed by atoms with Gasteiger partial charge in [-0.15, -0.1) is 0 Å². The first-order chi connectivity index (χ1) is 18.8. The van der Waals surface area contributed by atoms with Crippen molar-refractivity contribution in [2.45, 2.75) is 38.6 Å². The number of rotatable bonds is 6. The first-order valence-electron chi connectivity index (χ1n) is 13.1. The van der Waals surface area contributed by atoms with Gasteiger partial charge in [-0.1, -0.05) is 72.3 Å². The lowest BCUT2D eigenvalue weighted by molar-refractivity contribution is -0.187. The van der Waals surface area contributed by atoms with E-state index in [0.717, 1.165) is 22.3 Å². The third-order valence-electron chi connectivity index (χ3n) is 7.29. The fourth-order valence-corrected chi connectivity index (χ4v) is 5.27. The Hall–Kier alpha value is -4.37. The van der Waals surface area contributed by atoms with Crippen molar-refractivity contribution >= 4 is 17.8 Å². The zero-order chi connectivity index (χ0) is 27.5. The summed E-state index contributed by atoms with van der Waals surface area (Å²) in [5.74, 6) is -0.242. The molecule has 0 aromatic heterocycles. The summed E-state index contributed by atoms with van der Waals surface area (Å²) in [7, 11) is 1.72. The number of carbonyl (C=O) groups excluding carboxylic acids is 3. The molecule has 39 heavy (non-hydrogen) atoms. The molecule has 2 aliphatic rings. The van der Waals surface area contributed by atoms with Gasteiger partial charge in [0.05, 0.1) is 13.1 Å². The maximum Gasteiger partial charge on any atom is 0.334 e. The number of hydrogen-bond acceptors (Lipinski definition) is 5. The second kappa shape index (κ2) is 11.2. The summed E-state index contributed by atoms with van der Waals surface area (Å²) < 4.78 is 0. The number of likely N-dealkylation sites (N-methyl/N-ethyl adjacent to an activating group) is 1. The van der Waals surface area contributed by atoms with Gasteiger partial charge < -0.3 is 20.2 Å². The molecule has 202 valence electrons. The smallest absolute Gasteiger partial charge is 0.334 e. The van der Waals surface area contributed by atoms with Crippen molar-refractivity contribution in [3.63, 3.8) is 0 Å². The van der Waals surface area contributed by atoms with Gasteiger partial charge in [0, 0.05) is 26.6 Å². The Morgan fingerprint density at radius 1 is 0.923 bits per heavy atom. The summed E-state index contributed by atoms with van der Waals surface area (Å²) in [5, 5.41) is 15.9. The Morgan fingerprint density at radius 3 is 2.28 bits per heavy atom. The molecule has 2 heterocycles. The fourth-order valence-electron chi connectivity index (χ4n) is 5.27. The molecule has 3 aromatic carbocycles. The van der Waals surface area contributed by atoms with E-state index in [-0.39, 0.29) is 43.1 Å². The third kappa shape index (κ3) is 5.73. The van der Waals surface area contributed by atoms with Crippen LogP contribution in [0, 0.1) is 6.92 Å². The van der Waals surface area contributed by atoms with Crippen LogP contribution >= 0.6 is 0 Å². The van der Waals surface area contributed by atoms with E-state index in [1.54, 1.807) is 51.1 Å². The predicted molar refractivity (Wildman–Crippen MR) is 146 cm³/mol. The molecule has 2 atom stereocenters. The predicted octanol–water partition coefficient (Wildman–Crippen LogP) is 2.88. The Balaban J connectivity index is 1.45. The summed E-state index contributed by atoms with van der Waals surface area (Å²) in [4.78, 5) is 44.1. The molecular formula is C30H33N5O4. The highest BCUT2D eigenvalue weighted by Gasteiger charge is 2.50. The van der Waals surface area contributed by atoms with E-state index in [2.05, 4.69) is 5.32 Å². The molecule has 2 fully saturated rings. The van der Waals surface area contributed by atoms with Crippen LogP contribution in [0.2, 0.25) is 0 Å². The molecule has 2 saturated heterocycles. The number of piperazine rings is 1. The molecule has 9 nitrogen and oxygen atoms in total. The second-order valence-electron chi connectivity index (χ2n) is 10.2. The minimum absolute atomic E-state index is 0.0213. The quantitative estimate of drug-likeness (QED) is 0.514. The summed E-state index contributed by atoms with van der Waals surface area (Å²) in [6.45, 7) is 2.89. The zero-order valence-corrected chi connectivity index (χ0v) is 22.2. The van der Waals surface area contributed by atoms with Crippen molar-refractivity contribution < 1.29 is 19.5 Å². The SMILES string of the molecule is Cc1ccc(CN2C[C@H]3N(C(=O)CN(C)N3C(=O)NCc3ccccc3)[C@@H](Cc3ccc(O)cc3)C2=O)cc1. The van der Waals surface area contributed by atoms with Crippen molar-refractivity contribution in [2.75, 3.05) is 20.1 Å². The molecule has 0 radical (unpaired) electrons. The summed E-state index contributed by atoms with van der Waals surface area (Å²) in [6, 6.07) is 23.1. The molecule has 0 bridgehead atoms. The highest BCUT2D eigenvalue weighted by atomic mass is 16.3. The molecule has 0 spiro atoms. The van der Waals surface area contributed by atoms with E-state index in [9.17, 15) is 19.5 Å². The number of aromatic hydroxyl groups is 1. The molecule has 0 unspecified atom stereocenters. The lowest BCUT2D eigenvalue weighted by Crippen LogP contribution is -2.76. The number of amides is 4. The Bertz CT molecular complexity index is 1330. The van der Waals surface area contributed by atoms with Gasteiger partial charge in [-0.2, -0.15) is 0 Å². The number of benzene rings is 3. The fraction of sp³-hybridized carbons (Fsp3) is 0.300. The van der Waals surface area contributed by atoms with Gasteiger partial charge >= 0.3 is 6.03 Å². The second-order valence-corrected chi connectivity index (χ2v) is 10.2. The summed E-state index contributed by atoms with van der Waals surface area (Å²) in [6.07, 6.45) is -0.396. The number of fused-ring (bicyclic) bond motifs is 1. The van der Waals surface area contributed by atoms with Crippen LogP contribution in [0.15, 0.2) is 78.9 Å². The number of hydrogen-bond donors (Lipinski definition) is 2. The van der Waals surface area contributed by atoms with Crippen LogP contribution in [0.3, 0.4) is 0 Å². The number of phenolic OH excluding ortho intramolecular Hbond substituents is 1. The van der Waals surface area contributed by atoms with Gasteiger partial charge in [0.1, 0.15) is 18.0 Å². The largest absolute Gasteiger partial charge is 0.508 e. The van der Waals surface area contributed by atoms with Crippen LogP contribution in [0.25, 0.3) is 0 Å². The van der Waals surface area contributed by atoms with Gasteiger partial charge in [-0.25, -0.2) is 14.8 Å². The lowest BCUT2D eigenvalue weighted by atomic mass is 9.98. The van der Waals surface area contributed by atoms with Gasteiger partial charge in [-0.3, -0.25) is 9.59 Å². The van der Waals surface area contributed by atoms with E-state index in [4.69, 9.17) is 0 Å². The van der Waals surface area contributed by atoms with Crippen LogP contribution in [0.4, 0.5) is 4.79 Å². The van der Waals surface area contributed by atoms with E-state index in [0.29, 0.717) is 13.1 Å². The number of carbonyl (C=O) groups is 3. The van der Waals surface area contributed by atoms with Gasteiger partial charge in [-0.05, 0) is 35.7 Å². The van der Waals surface area contributed by atoms with Gasteiger partial charge in [0.25, 0.3) is 0 Å². The van der Waals surface area contributed by atoms with Crippen molar-refractivity contribution in [1.82, 2.24) is 25.1 Å². The minimum Gasteiger partial charge on any atom is -0.508 e. The summed E-state index contributed by atoms with van der Waals surface area (Å²) in [5.41, 5.74) is 3.87. The van der Waals surface area contributed by atoms with E-state index in [1.807, 2.05) is 61.5 Å². The summed E-state index contributed by atoms with van der Waals surface area (Å²) >= 11 is 0. The molecule has 9 heteroatoms. The zero-order valence-electron chi connectivity index (χ0n) is 22.2. The Morgan fingerprint density at radius 2 is 1.59 bits per heavy atom. The van der Waals surface area contributed by atoms with Crippen LogP contribution in [0.1, 0.15) is 22.3 Å². The average molecular weight is 528 g/mol. The molecule has 3 aromatic rings. The molecule has 4 amide bonds. The van der Waals surface area contributed by atoms with E-state index >= 15 is 0 Å². The van der Waals surface area contributed by atoms with Crippen molar-refractivity contribution in [3.8, 4) is 5.75 Å². The van der Waals surface area contributed by atoms with Gasteiger partial charge in [0.15, 0.2) is 0 Å². The van der Waals surface area contributed by atoms with Crippen LogP contribution in [-0.2, 0) is 29.1 Å². The van der Waals surface area contributed by atoms with Gasteiger partial charge in [0.2, 0.25) is 11.8 Å². The van der Waals surface area contributed by atoms with Crippen LogP contribution in [0.5, 0.6) is 5.75 Å². The lowest BCUT2D eigenvalue weighted by Gasteiger charge is -2.54. The van der Waals surface area contributed by atoms with Crippen LogP contribution in [-0.4, -0.2) is 75.1 Å². The first-order valence-corrected chi connectivity index (χ1v) is 13.1. The van der Waals surface area contributed by atoms with Crippen molar-refractivity contribution in [3.05, 3.63) is 101 Å². The number of phenols is 1. The monoisotopic (exact) mass is 527 g/mol. The maximum atomic E-state index is 13.9. The molecule has 2 N–H and O–H groups in total. The molecular weight excluding hydrogens is 494 g/mol. The minimum atomic E-state index is -0.788. The van der Waals surface area contributed by atoms with Crippen molar-refractivity contribution in [2.24, 2.45) is 0 Å². The number of aryl methyl sites for hydroxylation is 1. The topological polar surface area (TPSA) is 96.4 Å². The standard InChI is InChI=1S/C30H33N5O4/c1-21-8-10-24(11-9-21)18-33-19-27-34(26(29(33)38)16-22-12-14-25(36)15-13-22)28(37)20-32(2)35(27)30(39)31-17-23-6-4-3-5-7-23/h3-15,26-27,36H,16-20H2,1-2H3,(H,31,39)/t26-,27-/m0/s1. The van der Waals surface area contributed by atoms with Crippen molar-refractivity contribution in [1.29, 1.82) is 0 Å². The molecule has 0 saturated carbocycles. The van der Waals surface area contributed by atoms with E-state index in [1.165, 1.54) is 0 Å². The molecule has 2 aliphatic heterocycles. The van der Waals surface area contributed by atoms with Crippen LogP contribution < -0.4 is 5.32 Å². The highest BCUT2D eigenvalue weighted by molar-refractivity contribution is 5.91. The Kier molecular flexibility index (Phi) is 7.51. The first kappa shape index (κ1) is 26.2. The average Bonchev–Trinajstić information content (AvgIpc) is 2.92. The maximum absolute atomic E-state index is 13.9. The molecule has 5 rings (SSSR count). The normalized spacial score (nSPS) is 19.7. The highest BCUT2D eigenvalue weighted by Crippen LogP contribution is 2.29. The third-order valence-corrected chi connectivity index (χ3v) is 7.29. The van der Waals surface area contributed by atoms with E-state index < -0.39 is 12.2 Å². The number of nitrogens with zero attached hydrogens (tertiary/aromatic N) is 4.